The number of fused-ring (bicyclic) bond motifs is 1. The van der Waals surface area contributed by atoms with Crippen molar-refractivity contribution in [2.24, 2.45) is 0 Å². The minimum Gasteiger partial charge on any atom is -0.454 e. The van der Waals surface area contributed by atoms with Crippen LogP contribution in [0.2, 0.25) is 0 Å². The first kappa shape index (κ1) is 27.8. The van der Waals surface area contributed by atoms with Gasteiger partial charge in [-0.15, -0.1) is 0 Å². The van der Waals surface area contributed by atoms with Crippen LogP contribution >= 0.6 is 15.9 Å². The molecule has 1 heterocycles. The Morgan fingerprint density at radius 2 is 1.89 bits per heavy atom. The van der Waals surface area contributed by atoms with Gasteiger partial charge in [0, 0.05) is 36.6 Å². The minimum atomic E-state index is -3.60. The highest BCUT2D eigenvalue weighted by atomic mass is 79.9. The predicted octanol–water partition coefficient (Wildman–Crippen LogP) is 3.67. The van der Waals surface area contributed by atoms with Gasteiger partial charge in [-0.3, -0.25) is 13.9 Å². The van der Waals surface area contributed by atoms with Crippen LogP contribution in [0, 0.1) is 0 Å². The molecule has 0 aromatic heterocycles. The van der Waals surface area contributed by atoms with Crippen LogP contribution in [0.15, 0.2) is 46.9 Å². The van der Waals surface area contributed by atoms with Crippen molar-refractivity contribution in [3.8, 4) is 11.5 Å². The SMILES string of the molecule is CCCNC(=O)C(C)N(Cc1cccc(Br)c1)C(=O)CCCN(c1ccc2c(c1)OCO2)S(C)(=O)=O. The summed E-state index contributed by atoms with van der Waals surface area (Å²) in [4.78, 5) is 27.5. The van der Waals surface area contributed by atoms with Gasteiger partial charge in [-0.25, -0.2) is 8.42 Å². The number of halogens is 1. The van der Waals surface area contributed by atoms with Crippen molar-refractivity contribution in [3.63, 3.8) is 0 Å². The minimum absolute atomic E-state index is 0.0793. The van der Waals surface area contributed by atoms with Crippen molar-refractivity contribution < 1.29 is 27.5 Å². The van der Waals surface area contributed by atoms with E-state index in [1.807, 2.05) is 31.2 Å². The monoisotopic (exact) mass is 581 g/mol. The Morgan fingerprint density at radius 1 is 1.14 bits per heavy atom. The Balaban J connectivity index is 1.72. The third-order valence-electron chi connectivity index (χ3n) is 5.75. The lowest BCUT2D eigenvalue weighted by molar-refractivity contribution is -0.140. The molecule has 2 aromatic carbocycles. The fourth-order valence-corrected chi connectivity index (χ4v) is 5.26. The molecule has 0 radical (unpaired) electrons. The van der Waals surface area contributed by atoms with Gasteiger partial charge in [-0.2, -0.15) is 0 Å². The molecule has 0 saturated heterocycles. The Hall–Kier alpha value is -2.79. The quantitative estimate of drug-likeness (QED) is 0.410. The van der Waals surface area contributed by atoms with Crippen molar-refractivity contribution in [1.82, 2.24) is 10.2 Å². The van der Waals surface area contributed by atoms with Gasteiger partial charge in [0.1, 0.15) is 6.04 Å². The first-order chi connectivity index (χ1) is 17.1. The number of carbonyl (C=O) groups is 2. The molecule has 1 aliphatic heterocycles. The van der Waals surface area contributed by atoms with Crippen LogP contribution in [0.25, 0.3) is 0 Å². The molecule has 0 saturated carbocycles. The summed E-state index contributed by atoms with van der Waals surface area (Å²) < 4.78 is 37.8. The van der Waals surface area contributed by atoms with Gasteiger partial charge in [0.05, 0.1) is 11.9 Å². The maximum atomic E-state index is 13.3. The highest BCUT2D eigenvalue weighted by molar-refractivity contribution is 9.10. The number of sulfonamides is 1. The molecular formula is C25H32BrN3O6S. The highest BCUT2D eigenvalue weighted by Gasteiger charge is 2.27. The van der Waals surface area contributed by atoms with E-state index in [1.54, 1.807) is 25.1 Å². The largest absolute Gasteiger partial charge is 0.454 e. The summed E-state index contributed by atoms with van der Waals surface area (Å²) in [6, 6.07) is 11.8. The number of amides is 2. The zero-order chi connectivity index (χ0) is 26.3. The van der Waals surface area contributed by atoms with E-state index in [9.17, 15) is 18.0 Å². The van der Waals surface area contributed by atoms with Gasteiger partial charge in [-0.05, 0) is 49.6 Å². The van der Waals surface area contributed by atoms with Crippen molar-refractivity contribution in [1.29, 1.82) is 0 Å². The average molecular weight is 583 g/mol. The number of hydrogen-bond acceptors (Lipinski definition) is 6. The van der Waals surface area contributed by atoms with Gasteiger partial charge >= 0.3 is 0 Å². The highest BCUT2D eigenvalue weighted by Crippen LogP contribution is 2.36. The lowest BCUT2D eigenvalue weighted by Gasteiger charge is -2.29. The van der Waals surface area contributed by atoms with E-state index < -0.39 is 16.1 Å². The van der Waals surface area contributed by atoms with E-state index in [0.29, 0.717) is 23.7 Å². The van der Waals surface area contributed by atoms with Crippen LogP contribution in [0.4, 0.5) is 5.69 Å². The van der Waals surface area contributed by atoms with Crippen molar-refractivity contribution in [2.75, 3.05) is 30.4 Å². The Kier molecular flexibility index (Phi) is 9.61. The van der Waals surface area contributed by atoms with Gasteiger partial charge in [0.2, 0.25) is 28.6 Å². The van der Waals surface area contributed by atoms with Crippen LogP contribution in [0.5, 0.6) is 11.5 Å². The third kappa shape index (κ3) is 7.36. The van der Waals surface area contributed by atoms with E-state index in [1.165, 1.54) is 9.21 Å². The van der Waals surface area contributed by atoms with Gasteiger partial charge in [0.25, 0.3) is 0 Å². The molecule has 1 atom stereocenters. The summed E-state index contributed by atoms with van der Waals surface area (Å²) in [6.45, 7) is 4.65. The number of carbonyl (C=O) groups excluding carboxylic acids is 2. The zero-order valence-corrected chi connectivity index (χ0v) is 23.1. The maximum absolute atomic E-state index is 13.3. The second kappa shape index (κ2) is 12.4. The van der Waals surface area contributed by atoms with Crippen molar-refractivity contribution >= 4 is 43.5 Å². The number of rotatable bonds is 12. The Bertz CT molecular complexity index is 1190. The first-order valence-electron chi connectivity index (χ1n) is 11.8. The molecule has 9 nitrogen and oxygen atoms in total. The number of nitrogens with zero attached hydrogens (tertiary/aromatic N) is 2. The van der Waals surface area contributed by atoms with E-state index in [2.05, 4.69) is 21.2 Å². The van der Waals surface area contributed by atoms with Crippen LogP contribution in [-0.4, -0.2) is 57.3 Å². The van der Waals surface area contributed by atoms with Crippen LogP contribution in [-0.2, 0) is 26.2 Å². The van der Waals surface area contributed by atoms with Crippen molar-refractivity contribution in [3.05, 3.63) is 52.5 Å². The van der Waals surface area contributed by atoms with E-state index >= 15 is 0 Å². The Labute approximate surface area is 220 Å². The summed E-state index contributed by atoms with van der Waals surface area (Å²) in [5, 5.41) is 2.85. The number of benzene rings is 2. The molecule has 0 fully saturated rings. The lowest BCUT2D eigenvalue weighted by atomic mass is 10.1. The number of nitrogens with one attached hydrogen (secondary N) is 1. The van der Waals surface area contributed by atoms with Crippen molar-refractivity contribution in [2.45, 2.75) is 45.7 Å². The second-order valence-corrected chi connectivity index (χ2v) is 11.4. The summed E-state index contributed by atoms with van der Waals surface area (Å²) in [5.74, 6) is 0.580. The molecule has 36 heavy (non-hydrogen) atoms. The fourth-order valence-electron chi connectivity index (χ4n) is 3.85. The Morgan fingerprint density at radius 3 is 2.58 bits per heavy atom. The molecule has 0 spiro atoms. The molecule has 196 valence electrons. The molecule has 2 aromatic rings. The fraction of sp³-hybridized carbons (Fsp3) is 0.440. The number of hydrogen-bond donors (Lipinski definition) is 1. The normalized spacial score (nSPS) is 13.2. The standard InChI is InChI=1S/C25H32BrN3O6S/c1-4-12-27-25(31)18(2)28(16-19-7-5-8-20(26)14-19)24(30)9-6-13-29(36(3,32)33)21-10-11-22-23(15-21)35-17-34-22/h5,7-8,10-11,14-15,18H,4,6,9,12-13,16-17H2,1-3H3,(H,27,31). The molecule has 1 N–H and O–H groups in total. The molecule has 2 amide bonds. The summed E-state index contributed by atoms with van der Waals surface area (Å²) in [7, 11) is -3.60. The second-order valence-electron chi connectivity index (χ2n) is 8.59. The predicted molar refractivity (Wildman–Crippen MR) is 141 cm³/mol. The van der Waals surface area contributed by atoms with E-state index in [4.69, 9.17) is 9.47 Å². The summed E-state index contributed by atoms with van der Waals surface area (Å²) in [6.07, 6.45) is 2.27. The van der Waals surface area contributed by atoms with Crippen LogP contribution in [0.3, 0.4) is 0 Å². The van der Waals surface area contributed by atoms with Crippen LogP contribution in [0.1, 0.15) is 38.7 Å². The smallest absolute Gasteiger partial charge is 0.242 e. The summed E-state index contributed by atoms with van der Waals surface area (Å²) in [5.41, 5.74) is 1.32. The number of ether oxygens (including phenoxy) is 2. The number of anilines is 1. The van der Waals surface area contributed by atoms with Gasteiger partial charge in [-0.1, -0.05) is 35.0 Å². The molecule has 0 aliphatic carbocycles. The van der Waals surface area contributed by atoms with E-state index in [0.717, 1.165) is 22.7 Å². The third-order valence-corrected chi connectivity index (χ3v) is 7.44. The van der Waals surface area contributed by atoms with Crippen LogP contribution < -0.4 is 19.1 Å². The molecular weight excluding hydrogens is 550 g/mol. The zero-order valence-electron chi connectivity index (χ0n) is 20.7. The topological polar surface area (TPSA) is 105 Å². The average Bonchev–Trinajstić information content (AvgIpc) is 3.30. The molecule has 0 bridgehead atoms. The molecule has 1 unspecified atom stereocenters. The lowest BCUT2D eigenvalue weighted by Crippen LogP contribution is -2.47. The van der Waals surface area contributed by atoms with E-state index in [-0.39, 0.29) is 44.5 Å². The van der Waals surface area contributed by atoms with Gasteiger partial charge in [0.15, 0.2) is 11.5 Å². The molecule has 11 heteroatoms. The van der Waals surface area contributed by atoms with Gasteiger partial charge < -0.3 is 19.7 Å². The maximum Gasteiger partial charge on any atom is 0.242 e. The molecule has 3 rings (SSSR count). The summed E-state index contributed by atoms with van der Waals surface area (Å²) >= 11 is 3.44. The first-order valence-corrected chi connectivity index (χ1v) is 14.4. The molecule has 1 aliphatic rings.